The highest BCUT2D eigenvalue weighted by molar-refractivity contribution is 9.10. The first-order valence-electron chi connectivity index (χ1n) is 27.8. The molecule has 2 N–H and O–H groups in total. The summed E-state index contributed by atoms with van der Waals surface area (Å²) < 4.78 is 1.16. The second-order valence-corrected chi connectivity index (χ2v) is 24.6. The molecule has 0 aliphatic heterocycles. The van der Waals surface area contributed by atoms with E-state index in [9.17, 15) is 0 Å². The normalized spacial score (nSPS) is 14.2. The van der Waals surface area contributed by atoms with E-state index in [1.54, 1.807) is 0 Å². The van der Waals surface area contributed by atoms with Crippen LogP contribution in [0.1, 0.15) is 126 Å². The molecule has 10 aromatic rings. The van der Waals surface area contributed by atoms with Gasteiger partial charge in [0.2, 0.25) is 0 Å². The van der Waals surface area contributed by atoms with Gasteiger partial charge in [-0.05, 0) is 173 Å². The average Bonchev–Trinajstić information content (AvgIpc) is 4.13. The van der Waals surface area contributed by atoms with Crippen LogP contribution in [0, 0.1) is 0 Å². The van der Waals surface area contributed by atoms with Crippen molar-refractivity contribution in [3.05, 3.63) is 273 Å². The fraction of sp³-hybridized carbons (Fsp3) is 0.200. The van der Waals surface area contributed by atoms with Gasteiger partial charge >= 0.3 is 0 Å². The lowest BCUT2D eigenvalue weighted by molar-refractivity contribution is 0.659. The third-order valence-electron chi connectivity index (χ3n) is 17.0. The van der Waals surface area contributed by atoms with E-state index in [1.807, 2.05) is 12.1 Å². The van der Waals surface area contributed by atoms with E-state index in [2.05, 4.69) is 302 Å². The first-order chi connectivity index (χ1) is 37.4. The zero-order valence-corrected chi connectivity index (χ0v) is 48.5. The topological polar surface area (TPSA) is 29.3 Å². The molecule has 3 aliphatic carbocycles. The van der Waals surface area contributed by atoms with Gasteiger partial charge in [0, 0.05) is 43.5 Å². The number of hydrogen-bond acceptors (Lipinski definition) is 2. The molecule has 0 saturated heterocycles. The van der Waals surface area contributed by atoms with E-state index in [-0.39, 0.29) is 16.2 Å². The Morgan fingerprint density at radius 3 is 1.13 bits per heavy atom. The molecule has 0 amide bonds. The first-order valence-corrected chi connectivity index (χ1v) is 28.6. The van der Waals surface area contributed by atoms with Gasteiger partial charge in [0.25, 0.3) is 0 Å². The highest BCUT2D eigenvalue weighted by atomic mass is 79.9. The van der Waals surface area contributed by atoms with Crippen molar-refractivity contribution >= 4 is 38.7 Å². The van der Waals surface area contributed by atoms with Crippen LogP contribution in [0.2, 0.25) is 0 Å². The molecule has 388 valence electrons. The molecule has 3 heteroatoms. The number of benzene rings is 10. The standard InChI is InChI=1S/C45H41N.C15H13Br.C15H17N/c1-29(2)38-26-31(30-14-8-7-9-15-30)20-25-43(38)46(32-21-23-36-34-16-10-12-18-39(34)44(3,4)41(36)27-32)33-22-24-37-35-17-11-13-19-40(35)45(5,6)42(37)28-33;1-15(2)13-6-4-3-5-11(13)12-8-7-10(16)9-14(12)15;1-11(2)14-10-13(8-9-15(14)16)12-6-4-3-5-7-12/h7-29H,1-6H3;3-9H,1-2H3;3-11H,16H2,1-2H3. The van der Waals surface area contributed by atoms with Gasteiger partial charge in [-0.15, -0.1) is 0 Å². The van der Waals surface area contributed by atoms with E-state index in [1.165, 1.54) is 117 Å². The molecule has 0 radical (unpaired) electrons. The third-order valence-corrected chi connectivity index (χ3v) is 17.5. The molecule has 0 unspecified atom stereocenters. The summed E-state index contributed by atoms with van der Waals surface area (Å²) in [5.74, 6) is 0.801. The van der Waals surface area contributed by atoms with Gasteiger partial charge in [-0.3, -0.25) is 0 Å². The Bertz CT molecular complexity index is 3750. The van der Waals surface area contributed by atoms with Crippen molar-refractivity contribution in [1.82, 2.24) is 0 Å². The minimum absolute atomic E-state index is 0.0762. The smallest absolute Gasteiger partial charge is 0.0496 e. The number of fused-ring (bicyclic) bond motifs is 9. The van der Waals surface area contributed by atoms with Crippen molar-refractivity contribution in [3.63, 3.8) is 0 Å². The highest BCUT2D eigenvalue weighted by Gasteiger charge is 2.39. The highest BCUT2D eigenvalue weighted by Crippen LogP contribution is 2.54. The second kappa shape index (κ2) is 20.6. The summed E-state index contributed by atoms with van der Waals surface area (Å²) in [5, 5.41) is 0. The number of nitrogens with two attached hydrogens (primary N) is 1. The van der Waals surface area contributed by atoms with Crippen LogP contribution in [0.15, 0.2) is 229 Å². The molecule has 3 aliphatic rings. The van der Waals surface area contributed by atoms with Crippen LogP contribution >= 0.6 is 15.9 Å². The summed E-state index contributed by atoms with van der Waals surface area (Å²) in [7, 11) is 0. The summed E-state index contributed by atoms with van der Waals surface area (Å²) in [6.07, 6.45) is 0. The Morgan fingerprint density at radius 2 is 0.692 bits per heavy atom. The number of nitrogens with zero attached hydrogens (tertiary/aromatic N) is 1. The Labute approximate surface area is 472 Å². The lowest BCUT2D eigenvalue weighted by Crippen LogP contribution is -2.18. The Balaban J connectivity index is 0.000000163. The van der Waals surface area contributed by atoms with Crippen LogP contribution in [-0.2, 0) is 16.2 Å². The van der Waals surface area contributed by atoms with Gasteiger partial charge in [0.05, 0.1) is 0 Å². The van der Waals surface area contributed by atoms with Crippen LogP contribution in [0.25, 0.3) is 55.6 Å². The van der Waals surface area contributed by atoms with Crippen LogP contribution in [0.5, 0.6) is 0 Å². The monoisotopic (exact) mass is 1080 g/mol. The summed E-state index contributed by atoms with van der Waals surface area (Å²) in [6, 6.07) is 81.8. The fourth-order valence-electron chi connectivity index (χ4n) is 12.7. The SMILES string of the molecule is CC(C)c1cc(-c2ccccc2)ccc1N.CC(C)c1cc(-c2ccccc2)ccc1N(c1ccc2c(c1)C(C)(C)c1ccccc1-2)c1ccc2c(c1)C(C)(C)c1ccccc1-2.CC1(C)c2ccccc2-c2ccc(Br)cc21. The Kier molecular flexibility index (Phi) is 13.8. The molecule has 78 heavy (non-hydrogen) atoms. The predicted molar refractivity (Wildman–Crippen MR) is 338 cm³/mol. The van der Waals surface area contributed by atoms with Gasteiger partial charge in [0.1, 0.15) is 0 Å². The molecule has 0 fully saturated rings. The summed E-state index contributed by atoms with van der Waals surface area (Å²) in [6.45, 7) is 23.0. The fourth-order valence-corrected chi connectivity index (χ4v) is 13.0. The molecule has 0 aromatic heterocycles. The Morgan fingerprint density at radius 1 is 0.333 bits per heavy atom. The molecule has 10 aromatic carbocycles. The van der Waals surface area contributed by atoms with Crippen LogP contribution in [0.4, 0.5) is 22.7 Å². The number of halogens is 1. The van der Waals surface area contributed by atoms with Gasteiger partial charge in [-0.25, -0.2) is 0 Å². The maximum atomic E-state index is 5.97. The Hall–Kier alpha value is -7.72. The van der Waals surface area contributed by atoms with Crippen molar-refractivity contribution in [1.29, 1.82) is 0 Å². The lowest BCUT2D eigenvalue weighted by atomic mass is 9.82. The molecule has 0 bridgehead atoms. The maximum Gasteiger partial charge on any atom is 0.0496 e. The number of rotatable bonds is 7. The molecule has 13 rings (SSSR count). The van der Waals surface area contributed by atoms with E-state index in [4.69, 9.17) is 5.73 Å². The lowest BCUT2D eigenvalue weighted by Gasteiger charge is -2.32. The molecule has 0 saturated carbocycles. The summed E-state index contributed by atoms with van der Waals surface area (Å²) in [5.41, 5.74) is 34.6. The zero-order chi connectivity index (χ0) is 54.7. The molecular weight excluding hydrogens is 1010 g/mol. The van der Waals surface area contributed by atoms with Crippen molar-refractivity contribution in [2.45, 2.75) is 97.3 Å². The molecule has 0 heterocycles. The zero-order valence-electron chi connectivity index (χ0n) is 46.9. The quantitative estimate of drug-likeness (QED) is 0.161. The molecule has 0 spiro atoms. The van der Waals surface area contributed by atoms with Crippen molar-refractivity contribution in [3.8, 4) is 55.6 Å². The number of nitrogen functional groups attached to an aromatic ring is 1. The van der Waals surface area contributed by atoms with Gasteiger partial charge in [-0.2, -0.15) is 0 Å². The van der Waals surface area contributed by atoms with Gasteiger partial charge in [-0.1, -0.05) is 249 Å². The minimum Gasteiger partial charge on any atom is -0.398 e. The molecule has 2 nitrogen and oxygen atoms in total. The maximum absolute atomic E-state index is 5.97. The van der Waals surface area contributed by atoms with Gasteiger partial charge < -0.3 is 10.6 Å². The van der Waals surface area contributed by atoms with Crippen LogP contribution in [-0.4, -0.2) is 0 Å². The van der Waals surface area contributed by atoms with Gasteiger partial charge in [0.15, 0.2) is 0 Å². The van der Waals surface area contributed by atoms with E-state index < -0.39 is 0 Å². The molecular formula is C75H71BrN2. The summed E-state index contributed by atoms with van der Waals surface area (Å²) in [4.78, 5) is 2.52. The first kappa shape index (κ1) is 52.3. The predicted octanol–water partition coefficient (Wildman–Crippen LogP) is 21.4. The second-order valence-electron chi connectivity index (χ2n) is 23.7. The van der Waals surface area contributed by atoms with E-state index in [0.717, 1.165) is 10.2 Å². The third kappa shape index (κ3) is 9.30. The van der Waals surface area contributed by atoms with Crippen molar-refractivity contribution < 1.29 is 0 Å². The van der Waals surface area contributed by atoms with E-state index >= 15 is 0 Å². The van der Waals surface area contributed by atoms with Crippen molar-refractivity contribution in [2.75, 3.05) is 10.6 Å². The largest absolute Gasteiger partial charge is 0.398 e. The minimum atomic E-state index is -0.0762. The van der Waals surface area contributed by atoms with Crippen LogP contribution in [0.3, 0.4) is 0 Å². The van der Waals surface area contributed by atoms with E-state index in [0.29, 0.717) is 11.8 Å². The van der Waals surface area contributed by atoms with Crippen molar-refractivity contribution in [2.24, 2.45) is 0 Å². The molecule has 0 atom stereocenters. The van der Waals surface area contributed by atoms with Crippen LogP contribution < -0.4 is 10.6 Å². The number of hydrogen-bond donors (Lipinski definition) is 1. The average molecular weight is 1080 g/mol. The number of anilines is 4. The summed E-state index contributed by atoms with van der Waals surface area (Å²) >= 11 is 3.56.